The molecule has 0 fully saturated rings. The fourth-order valence-electron chi connectivity index (χ4n) is 6.29. The number of nitrogens with one attached hydrogen (secondary N) is 1. The fourth-order valence-corrected chi connectivity index (χ4v) is 7.48. The molecule has 0 saturated heterocycles. The molecule has 206 valence electrons. The van der Waals surface area contributed by atoms with Crippen LogP contribution >= 0.6 is 11.8 Å². The van der Waals surface area contributed by atoms with Gasteiger partial charge in [0, 0.05) is 47.2 Å². The molecule has 3 aliphatic heterocycles. The van der Waals surface area contributed by atoms with E-state index in [-0.39, 0.29) is 0 Å². The molecule has 0 saturated carbocycles. The first kappa shape index (κ1) is 25.2. The van der Waals surface area contributed by atoms with Crippen molar-refractivity contribution in [3.8, 4) is 16.9 Å². The molecule has 0 aliphatic carbocycles. The molecule has 0 unspecified atom stereocenters. The van der Waals surface area contributed by atoms with Crippen molar-refractivity contribution in [2.45, 2.75) is 24.3 Å². The molecule has 3 aliphatic rings. The topological polar surface area (TPSA) is 45.6 Å². The molecular formula is C36H31N5S. The van der Waals surface area contributed by atoms with Crippen LogP contribution in [0.25, 0.3) is 39.2 Å². The van der Waals surface area contributed by atoms with E-state index in [9.17, 15) is 0 Å². The number of hydrogen-bond donors (Lipinski definition) is 1. The zero-order valence-electron chi connectivity index (χ0n) is 23.3. The summed E-state index contributed by atoms with van der Waals surface area (Å²) in [6.07, 6.45) is 4.76. The van der Waals surface area contributed by atoms with Gasteiger partial charge in [-0.25, -0.2) is 0 Å². The van der Waals surface area contributed by atoms with Crippen LogP contribution in [0.15, 0.2) is 118 Å². The van der Waals surface area contributed by atoms with Crippen LogP contribution in [0.5, 0.6) is 0 Å². The van der Waals surface area contributed by atoms with Gasteiger partial charge in [-0.3, -0.25) is 0 Å². The molecule has 0 amide bonds. The average molecular weight is 566 g/mol. The van der Waals surface area contributed by atoms with Gasteiger partial charge in [-0.05, 0) is 79.5 Å². The van der Waals surface area contributed by atoms with E-state index in [2.05, 4.69) is 134 Å². The smallest absolute Gasteiger partial charge is 0.219 e. The molecule has 1 aromatic heterocycles. The number of aromatic nitrogens is 1. The Morgan fingerprint density at radius 1 is 0.929 bits per heavy atom. The molecule has 8 rings (SSSR count). The minimum absolute atomic E-state index is 0.714. The van der Waals surface area contributed by atoms with Crippen molar-refractivity contribution in [1.29, 1.82) is 0 Å². The number of thioether (sulfide) groups is 1. The second-order valence-electron chi connectivity index (χ2n) is 10.9. The number of nitrogens with zero attached hydrogens (tertiary/aromatic N) is 4. The van der Waals surface area contributed by atoms with Gasteiger partial charge in [-0.1, -0.05) is 66.4 Å². The maximum absolute atomic E-state index is 4.40. The maximum Gasteiger partial charge on any atom is 0.219 e. The first-order chi connectivity index (χ1) is 20.8. The Morgan fingerprint density at radius 3 is 2.64 bits per heavy atom. The van der Waals surface area contributed by atoms with Crippen molar-refractivity contribution in [3.05, 3.63) is 130 Å². The van der Waals surface area contributed by atoms with E-state index in [1.54, 1.807) is 0 Å². The van der Waals surface area contributed by atoms with Crippen molar-refractivity contribution < 1.29 is 4.57 Å². The van der Waals surface area contributed by atoms with Crippen molar-refractivity contribution in [3.63, 3.8) is 0 Å². The highest BCUT2D eigenvalue weighted by Crippen LogP contribution is 2.50. The SMILES string of the molecule is C(=C1/Sc2cccc3c2N1CCC3)/c1cc(-c2ccc(CNC3=NCC[N-]3)cc2)[n+](-c2ccccc2)c2ccccc12. The summed E-state index contributed by atoms with van der Waals surface area (Å²) >= 11 is 1.90. The molecule has 0 atom stereocenters. The van der Waals surface area contributed by atoms with Gasteiger partial charge in [-0.2, -0.15) is 4.57 Å². The standard InChI is InChI=1S/C36H31N5S/c1-2-10-29(11-3-1)41-31-13-5-4-12-30(31)28(23-34-40-21-7-9-27-8-6-14-33(42-34)35(27)40)22-32(41)26-17-15-25(16-18-26)24-39-36-37-19-20-38-36/h1-6,8,10-18,22-23H,7,9,19-21,24H2,(H-,37,38,39). The number of guanidine groups is 1. The number of benzene rings is 4. The first-order valence-electron chi connectivity index (χ1n) is 14.7. The minimum Gasteiger partial charge on any atom is -0.436 e. The Kier molecular flexibility index (Phi) is 6.41. The van der Waals surface area contributed by atoms with Gasteiger partial charge in [0.05, 0.1) is 16.1 Å². The van der Waals surface area contributed by atoms with E-state index in [0.717, 1.165) is 37.7 Å². The maximum atomic E-state index is 4.40. The summed E-state index contributed by atoms with van der Waals surface area (Å²) in [7, 11) is 0. The third-order valence-corrected chi connectivity index (χ3v) is 9.36. The van der Waals surface area contributed by atoms with E-state index in [1.165, 1.54) is 60.9 Å². The van der Waals surface area contributed by atoms with Crippen LogP contribution in [0.4, 0.5) is 5.69 Å². The molecule has 6 heteroatoms. The summed E-state index contributed by atoms with van der Waals surface area (Å²) in [5.74, 6) is 0.765. The third-order valence-electron chi connectivity index (χ3n) is 8.27. The molecule has 5 nitrogen and oxygen atoms in total. The lowest BCUT2D eigenvalue weighted by atomic mass is 10.0. The summed E-state index contributed by atoms with van der Waals surface area (Å²) < 4.78 is 2.40. The zero-order chi connectivity index (χ0) is 27.9. The second-order valence-corrected chi connectivity index (χ2v) is 12.0. The highest BCUT2D eigenvalue weighted by molar-refractivity contribution is 8.03. The molecule has 4 heterocycles. The number of aryl methyl sites for hydroxylation is 1. The average Bonchev–Trinajstić information content (AvgIpc) is 3.70. The van der Waals surface area contributed by atoms with E-state index >= 15 is 0 Å². The number of para-hydroxylation sites is 3. The molecule has 42 heavy (non-hydrogen) atoms. The summed E-state index contributed by atoms with van der Waals surface area (Å²) in [5, 5.41) is 10.3. The largest absolute Gasteiger partial charge is 0.436 e. The van der Waals surface area contributed by atoms with Gasteiger partial charge in [0.2, 0.25) is 16.9 Å². The quantitative estimate of drug-likeness (QED) is 0.225. The van der Waals surface area contributed by atoms with Crippen LogP contribution in [-0.4, -0.2) is 25.6 Å². The highest BCUT2D eigenvalue weighted by Gasteiger charge is 2.31. The van der Waals surface area contributed by atoms with Gasteiger partial charge in [-0.15, -0.1) is 0 Å². The Bertz CT molecular complexity index is 1860. The Balaban J connectivity index is 1.26. The predicted molar refractivity (Wildman–Crippen MR) is 174 cm³/mol. The number of hydrogen-bond acceptors (Lipinski definition) is 4. The summed E-state index contributed by atoms with van der Waals surface area (Å²) in [6.45, 7) is 3.35. The molecule has 5 aromatic rings. The summed E-state index contributed by atoms with van der Waals surface area (Å²) in [6, 6.07) is 37.5. The Hall–Kier alpha value is -4.55. The van der Waals surface area contributed by atoms with Crippen molar-refractivity contribution in [2.24, 2.45) is 4.99 Å². The van der Waals surface area contributed by atoms with E-state index < -0.39 is 0 Å². The molecule has 1 N–H and O–H groups in total. The number of pyridine rings is 1. The van der Waals surface area contributed by atoms with E-state index in [1.807, 2.05) is 11.8 Å². The number of anilines is 1. The lowest BCUT2D eigenvalue weighted by Gasteiger charge is -2.27. The number of fused-ring (bicyclic) bond motifs is 1. The monoisotopic (exact) mass is 565 g/mol. The van der Waals surface area contributed by atoms with Crippen molar-refractivity contribution >= 4 is 40.4 Å². The third kappa shape index (κ3) is 4.52. The summed E-state index contributed by atoms with van der Waals surface area (Å²) in [4.78, 5) is 8.31. The van der Waals surface area contributed by atoms with Crippen LogP contribution < -0.4 is 14.8 Å². The van der Waals surface area contributed by atoms with Crippen LogP contribution in [0.2, 0.25) is 0 Å². The normalized spacial score (nSPS) is 16.4. The highest BCUT2D eigenvalue weighted by atomic mass is 32.2. The van der Waals surface area contributed by atoms with Gasteiger partial charge in [0.1, 0.15) is 0 Å². The molecular weight excluding hydrogens is 534 g/mol. The van der Waals surface area contributed by atoms with Gasteiger partial charge in [0.15, 0.2) is 0 Å². The van der Waals surface area contributed by atoms with Gasteiger partial charge >= 0.3 is 0 Å². The van der Waals surface area contributed by atoms with Crippen LogP contribution in [0.3, 0.4) is 0 Å². The molecule has 0 spiro atoms. The molecule has 4 aromatic carbocycles. The Morgan fingerprint density at radius 2 is 1.79 bits per heavy atom. The first-order valence-corrected chi connectivity index (χ1v) is 15.5. The lowest BCUT2D eigenvalue weighted by molar-refractivity contribution is -0.555. The lowest BCUT2D eigenvalue weighted by Crippen LogP contribution is -2.34. The van der Waals surface area contributed by atoms with E-state index in [4.69, 9.17) is 0 Å². The fraction of sp³-hybridized carbons (Fsp3) is 0.167. The second kappa shape index (κ2) is 10.7. The molecule has 0 bridgehead atoms. The predicted octanol–water partition coefficient (Wildman–Crippen LogP) is 7.47. The zero-order valence-corrected chi connectivity index (χ0v) is 24.1. The van der Waals surface area contributed by atoms with Crippen LogP contribution in [0.1, 0.15) is 23.1 Å². The number of rotatable bonds is 5. The number of aliphatic imine (C=N–C) groups is 1. The minimum atomic E-state index is 0.714. The summed E-state index contributed by atoms with van der Waals surface area (Å²) in [5.41, 5.74) is 10.0. The van der Waals surface area contributed by atoms with Crippen LogP contribution in [0, 0.1) is 0 Å². The van der Waals surface area contributed by atoms with Crippen molar-refractivity contribution in [2.75, 3.05) is 24.5 Å². The van der Waals surface area contributed by atoms with Crippen LogP contribution in [-0.2, 0) is 13.0 Å². The van der Waals surface area contributed by atoms with Gasteiger partial charge < -0.3 is 20.5 Å². The van der Waals surface area contributed by atoms with Crippen molar-refractivity contribution in [1.82, 2.24) is 5.32 Å². The van der Waals surface area contributed by atoms with Gasteiger partial charge in [0.25, 0.3) is 0 Å². The molecule has 0 radical (unpaired) electrons. The Labute approximate surface area is 250 Å². The van der Waals surface area contributed by atoms with E-state index in [0.29, 0.717) is 6.54 Å².